The van der Waals surface area contributed by atoms with Gasteiger partial charge in [0.15, 0.2) is 0 Å². The topological polar surface area (TPSA) is 73.9 Å². The molecule has 1 aromatic carbocycles. The van der Waals surface area contributed by atoms with E-state index < -0.39 is 11.5 Å². The summed E-state index contributed by atoms with van der Waals surface area (Å²) < 4.78 is 15.2. The maximum absolute atomic E-state index is 12.1. The Balaban J connectivity index is 2.71. The number of hydrogen-bond donors (Lipinski definition) is 1. The number of carbonyl (C=O) groups is 2. The fraction of sp³-hybridized carbons (Fsp3) is 0.529. The van der Waals surface area contributed by atoms with Crippen LogP contribution < -0.4 is 14.8 Å². The summed E-state index contributed by atoms with van der Waals surface area (Å²) >= 11 is 0. The third-order valence-electron chi connectivity index (χ3n) is 3.81. The number of carbonyl (C=O) groups excluding carboxylic acids is 2. The normalized spacial score (nSPS) is 12.9. The van der Waals surface area contributed by atoms with E-state index in [-0.39, 0.29) is 12.3 Å². The minimum absolute atomic E-state index is 0.207. The lowest BCUT2D eigenvalue weighted by atomic mass is 9.98. The van der Waals surface area contributed by atoms with E-state index in [2.05, 4.69) is 5.32 Å². The van der Waals surface area contributed by atoms with Gasteiger partial charge in [-0.25, -0.2) is 4.79 Å². The molecule has 1 amide bonds. The summed E-state index contributed by atoms with van der Waals surface area (Å²) in [6.07, 6.45) is 1.22. The SMILES string of the molecule is CCC(C)(NC(=O)CCc1cc(OC)cc(OC)c1)C(=O)OC. The van der Waals surface area contributed by atoms with Crippen molar-refractivity contribution in [3.05, 3.63) is 23.8 Å². The van der Waals surface area contributed by atoms with Gasteiger partial charge in [-0.3, -0.25) is 4.79 Å². The zero-order valence-electron chi connectivity index (χ0n) is 14.4. The lowest BCUT2D eigenvalue weighted by molar-refractivity contribution is -0.150. The predicted octanol–water partition coefficient (Wildman–Crippen LogP) is 2.09. The van der Waals surface area contributed by atoms with Gasteiger partial charge >= 0.3 is 5.97 Å². The number of amides is 1. The molecule has 6 nitrogen and oxygen atoms in total. The first-order valence-electron chi connectivity index (χ1n) is 7.50. The standard InChI is InChI=1S/C17H25NO5/c1-6-17(2,16(20)23-5)18-15(19)8-7-12-9-13(21-3)11-14(10-12)22-4/h9-11H,6-8H2,1-5H3,(H,18,19). The maximum atomic E-state index is 12.1. The number of rotatable bonds is 8. The molecular formula is C17H25NO5. The summed E-state index contributed by atoms with van der Waals surface area (Å²) in [4.78, 5) is 23.9. The van der Waals surface area contributed by atoms with Gasteiger partial charge in [-0.1, -0.05) is 6.92 Å². The van der Waals surface area contributed by atoms with Gasteiger partial charge in [0.05, 0.1) is 21.3 Å². The van der Waals surface area contributed by atoms with Gasteiger partial charge in [0.25, 0.3) is 0 Å². The van der Waals surface area contributed by atoms with E-state index in [0.717, 1.165) is 5.56 Å². The fourth-order valence-electron chi connectivity index (χ4n) is 2.15. The molecule has 0 heterocycles. The van der Waals surface area contributed by atoms with Gasteiger partial charge in [0.2, 0.25) is 5.91 Å². The molecule has 23 heavy (non-hydrogen) atoms. The largest absolute Gasteiger partial charge is 0.497 e. The van der Waals surface area contributed by atoms with Crippen molar-refractivity contribution in [1.29, 1.82) is 0 Å². The number of benzene rings is 1. The van der Waals surface area contributed by atoms with Crippen LogP contribution in [0.1, 0.15) is 32.3 Å². The van der Waals surface area contributed by atoms with Crippen molar-refractivity contribution in [2.24, 2.45) is 0 Å². The van der Waals surface area contributed by atoms with Crippen LogP contribution in [-0.4, -0.2) is 38.7 Å². The zero-order chi connectivity index (χ0) is 17.5. The molecule has 1 unspecified atom stereocenters. The molecule has 1 atom stereocenters. The molecule has 0 aliphatic heterocycles. The van der Waals surface area contributed by atoms with Crippen molar-refractivity contribution in [3.63, 3.8) is 0 Å². The third-order valence-corrected chi connectivity index (χ3v) is 3.81. The Labute approximate surface area is 137 Å². The first kappa shape index (κ1) is 18.8. The molecule has 1 rings (SSSR count). The van der Waals surface area contributed by atoms with Gasteiger partial charge < -0.3 is 19.5 Å². The molecule has 0 fully saturated rings. The highest BCUT2D eigenvalue weighted by Crippen LogP contribution is 2.23. The van der Waals surface area contributed by atoms with Crippen LogP contribution in [0, 0.1) is 0 Å². The Morgan fingerprint density at radius 3 is 2.09 bits per heavy atom. The van der Waals surface area contributed by atoms with Crippen molar-refractivity contribution in [2.45, 2.75) is 38.6 Å². The Bertz CT molecular complexity index is 536. The van der Waals surface area contributed by atoms with Crippen molar-refractivity contribution >= 4 is 11.9 Å². The van der Waals surface area contributed by atoms with E-state index in [0.29, 0.717) is 24.3 Å². The van der Waals surface area contributed by atoms with Crippen LogP contribution in [0.15, 0.2) is 18.2 Å². The van der Waals surface area contributed by atoms with Crippen LogP contribution >= 0.6 is 0 Å². The number of hydrogen-bond acceptors (Lipinski definition) is 5. The van der Waals surface area contributed by atoms with Crippen LogP contribution in [0.2, 0.25) is 0 Å². The molecular weight excluding hydrogens is 298 g/mol. The maximum Gasteiger partial charge on any atom is 0.331 e. The second kappa shape index (κ2) is 8.41. The summed E-state index contributed by atoms with van der Waals surface area (Å²) in [6.45, 7) is 3.48. The van der Waals surface area contributed by atoms with Crippen LogP contribution in [0.4, 0.5) is 0 Å². The Kier molecular flexibility index (Phi) is 6.88. The highest BCUT2D eigenvalue weighted by atomic mass is 16.5. The van der Waals surface area contributed by atoms with Gasteiger partial charge in [-0.2, -0.15) is 0 Å². The molecule has 0 radical (unpaired) electrons. The van der Waals surface area contributed by atoms with Crippen molar-refractivity contribution in [2.75, 3.05) is 21.3 Å². The third kappa shape index (κ3) is 5.16. The number of ether oxygens (including phenoxy) is 3. The lowest BCUT2D eigenvalue weighted by Gasteiger charge is -2.26. The summed E-state index contributed by atoms with van der Waals surface area (Å²) in [5.74, 6) is 0.693. The average molecular weight is 323 g/mol. The monoisotopic (exact) mass is 323 g/mol. The number of methoxy groups -OCH3 is 3. The molecule has 0 saturated heterocycles. The molecule has 0 aliphatic carbocycles. The molecule has 0 bridgehead atoms. The molecule has 0 spiro atoms. The first-order valence-corrected chi connectivity index (χ1v) is 7.50. The smallest absolute Gasteiger partial charge is 0.331 e. The van der Waals surface area contributed by atoms with Crippen LogP contribution in [0.5, 0.6) is 11.5 Å². The number of nitrogens with one attached hydrogen (secondary N) is 1. The minimum Gasteiger partial charge on any atom is -0.497 e. The van der Waals surface area contributed by atoms with E-state index in [1.807, 2.05) is 19.1 Å². The van der Waals surface area contributed by atoms with E-state index in [1.54, 1.807) is 27.2 Å². The second-order valence-electron chi connectivity index (χ2n) is 5.45. The van der Waals surface area contributed by atoms with Crippen LogP contribution in [-0.2, 0) is 20.7 Å². The summed E-state index contributed by atoms with van der Waals surface area (Å²) in [5, 5.41) is 2.75. The highest BCUT2D eigenvalue weighted by Gasteiger charge is 2.33. The van der Waals surface area contributed by atoms with Gasteiger partial charge in [0.1, 0.15) is 17.0 Å². The molecule has 1 N–H and O–H groups in total. The summed E-state index contributed by atoms with van der Waals surface area (Å²) in [7, 11) is 4.47. The molecule has 6 heteroatoms. The quantitative estimate of drug-likeness (QED) is 0.742. The van der Waals surface area contributed by atoms with Gasteiger partial charge in [0, 0.05) is 12.5 Å². The summed E-state index contributed by atoms with van der Waals surface area (Å²) in [6, 6.07) is 5.49. The fourth-order valence-corrected chi connectivity index (χ4v) is 2.15. The van der Waals surface area contributed by atoms with E-state index in [9.17, 15) is 9.59 Å². The molecule has 0 aromatic heterocycles. The van der Waals surface area contributed by atoms with Crippen molar-refractivity contribution in [3.8, 4) is 11.5 Å². The summed E-state index contributed by atoms with van der Waals surface area (Å²) in [5.41, 5.74) is -0.0784. The zero-order valence-corrected chi connectivity index (χ0v) is 14.4. The number of esters is 1. The van der Waals surface area contributed by atoms with E-state index in [4.69, 9.17) is 14.2 Å². The minimum atomic E-state index is -1.00. The van der Waals surface area contributed by atoms with E-state index in [1.165, 1.54) is 7.11 Å². The average Bonchev–Trinajstić information content (AvgIpc) is 2.58. The molecule has 128 valence electrons. The Hall–Kier alpha value is -2.24. The number of aryl methyl sites for hydroxylation is 1. The van der Waals surface area contributed by atoms with Crippen molar-refractivity contribution < 1.29 is 23.8 Å². The molecule has 0 aliphatic rings. The first-order chi connectivity index (χ1) is 10.9. The second-order valence-corrected chi connectivity index (χ2v) is 5.45. The lowest BCUT2D eigenvalue weighted by Crippen LogP contribution is -2.52. The van der Waals surface area contributed by atoms with Gasteiger partial charge in [-0.15, -0.1) is 0 Å². The van der Waals surface area contributed by atoms with Crippen LogP contribution in [0.3, 0.4) is 0 Å². The van der Waals surface area contributed by atoms with Crippen molar-refractivity contribution in [1.82, 2.24) is 5.32 Å². The van der Waals surface area contributed by atoms with Gasteiger partial charge in [-0.05, 0) is 37.5 Å². The Morgan fingerprint density at radius 2 is 1.65 bits per heavy atom. The van der Waals surface area contributed by atoms with Crippen LogP contribution in [0.25, 0.3) is 0 Å². The molecule has 1 aromatic rings. The Morgan fingerprint density at radius 1 is 1.09 bits per heavy atom. The predicted molar refractivity (Wildman–Crippen MR) is 86.7 cm³/mol. The highest BCUT2D eigenvalue weighted by molar-refractivity contribution is 5.87. The molecule has 0 saturated carbocycles. The van der Waals surface area contributed by atoms with E-state index >= 15 is 0 Å².